The van der Waals surface area contributed by atoms with Crippen LogP contribution >= 0.6 is 24.0 Å². The average Bonchev–Trinajstić information content (AvgIpc) is 2.50. The Labute approximate surface area is 160 Å². The number of likely N-dealkylation sites (tertiary alicyclic amines) is 2. The monoisotopic (exact) mass is 437 g/mol. The van der Waals surface area contributed by atoms with Crippen LogP contribution in [-0.2, 0) is 0 Å². The summed E-state index contributed by atoms with van der Waals surface area (Å²) in [5.74, 6) is 1.08. The third-order valence-corrected chi connectivity index (χ3v) is 5.26. The fourth-order valence-corrected chi connectivity index (χ4v) is 3.88. The maximum absolute atomic E-state index is 5.03. The van der Waals surface area contributed by atoms with Gasteiger partial charge >= 0.3 is 0 Å². The maximum Gasteiger partial charge on any atom is 0.195 e. The number of rotatable bonds is 3. The molecule has 0 radical (unpaired) electrons. The molecular weight excluding hydrogens is 401 g/mol. The van der Waals surface area contributed by atoms with Crippen LogP contribution in [0.1, 0.15) is 32.1 Å². The first-order chi connectivity index (χ1) is 10.4. The number of guanidine groups is 1. The molecule has 136 valence electrons. The largest absolute Gasteiger partial charge is 0.349 e. The molecule has 23 heavy (non-hydrogen) atoms. The number of hydrogen-bond acceptors (Lipinski definition) is 3. The highest BCUT2D eigenvalue weighted by Gasteiger charge is 2.39. The third-order valence-electron chi connectivity index (χ3n) is 5.26. The van der Waals surface area contributed by atoms with Gasteiger partial charge in [-0.2, -0.15) is 0 Å². The van der Waals surface area contributed by atoms with E-state index >= 15 is 0 Å². The van der Waals surface area contributed by atoms with E-state index in [1.54, 1.807) is 0 Å². The number of halogens is 1. The molecule has 2 fully saturated rings. The van der Waals surface area contributed by atoms with Gasteiger partial charge in [-0.1, -0.05) is 6.42 Å². The highest BCUT2D eigenvalue weighted by Crippen LogP contribution is 2.31. The van der Waals surface area contributed by atoms with Crippen molar-refractivity contribution in [2.45, 2.75) is 37.6 Å². The van der Waals surface area contributed by atoms with Crippen molar-refractivity contribution in [1.82, 2.24) is 19.6 Å². The first-order valence-electron chi connectivity index (χ1n) is 8.77. The maximum atomic E-state index is 5.03. The Balaban J connectivity index is 0.00000264. The molecule has 2 aliphatic heterocycles. The first kappa shape index (κ1) is 21.0. The molecule has 0 aromatic heterocycles. The quantitative estimate of drug-likeness (QED) is 0.384. The molecule has 0 aromatic rings. The van der Waals surface area contributed by atoms with Crippen LogP contribution in [0.2, 0.25) is 0 Å². The Kier molecular flexibility index (Phi) is 8.58. The summed E-state index contributed by atoms with van der Waals surface area (Å²) >= 11 is 0. The van der Waals surface area contributed by atoms with Crippen LogP contribution in [0.25, 0.3) is 0 Å². The Morgan fingerprint density at radius 1 is 0.913 bits per heavy atom. The molecule has 5 nitrogen and oxygen atoms in total. The molecular formula is C17H36IN5. The zero-order valence-electron chi connectivity index (χ0n) is 15.7. The van der Waals surface area contributed by atoms with Crippen LogP contribution in [0.4, 0.5) is 0 Å². The number of piperidine rings is 2. The van der Waals surface area contributed by atoms with E-state index < -0.39 is 0 Å². The number of aliphatic imine (C=N–C) groups is 1. The Morgan fingerprint density at radius 2 is 1.43 bits per heavy atom. The fourth-order valence-electron chi connectivity index (χ4n) is 3.88. The molecule has 0 bridgehead atoms. The minimum atomic E-state index is 0. The van der Waals surface area contributed by atoms with Crippen LogP contribution in [0.3, 0.4) is 0 Å². The van der Waals surface area contributed by atoms with E-state index in [-0.39, 0.29) is 29.5 Å². The van der Waals surface area contributed by atoms with Crippen LogP contribution in [0.15, 0.2) is 4.99 Å². The zero-order valence-corrected chi connectivity index (χ0v) is 18.0. The Morgan fingerprint density at radius 3 is 1.91 bits per heavy atom. The van der Waals surface area contributed by atoms with Gasteiger partial charge in [0, 0.05) is 33.7 Å². The second kappa shape index (κ2) is 9.42. The standard InChI is InChI=1S/C17H35N5.HI/c1-19(2)16(20(3)4)18-15-17(9-13-21(5)14-10-17)22-11-7-6-8-12-22;/h6-15H2,1-5H3;1H. The zero-order chi connectivity index (χ0) is 16.2. The van der Waals surface area contributed by atoms with Gasteiger partial charge in [-0.05, 0) is 58.9 Å². The molecule has 0 spiro atoms. The SMILES string of the molecule is CN1CCC(CN=C(N(C)C)N(C)C)(N2CCCCC2)CC1.I. The molecule has 2 heterocycles. The molecule has 2 rings (SSSR count). The molecule has 0 N–H and O–H groups in total. The first-order valence-corrected chi connectivity index (χ1v) is 8.77. The molecule has 0 aliphatic carbocycles. The van der Waals surface area contributed by atoms with Crippen molar-refractivity contribution in [2.75, 3.05) is 68.0 Å². The van der Waals surface area contributed by atoms with Gasteiger partial charge in [0.25, 0.3) is 0 Å². The van der Waals surface area contributed by atoms with Gasteiger partial charge in [-0.15, -0.1) is 24.0 Å². The van der Waals surface area contributed by atoms with Gasteiger partial charge in [0.15, 0.2) is 5.96 Å². The molecule has 2 saturated heterocycles. The summed E-state index contributed by atoms with van der Waals surface area (Å²) < 4.78 is 0. The van der Waals surface area contributed by atoms with E-state index in [0.29, 0.717) is 0 Å². The lowest BCUT2D eigenvalue weighted by atomic mass is 9.84. The minimum Gasteiger partial charge on any atom is -0.349 e. The lowest BCUT2D eigenvalue weighted by molar-refractivity contribution is 0.0206. The molecule has 0 unspecified atom stereocenters. The fraction of sp³-hybridized carbons (Fsp3) is 0.941. The minimum absolute atomic E-state index is 0. The summed E-state index contributed by atoms with van der Waals surface area (Å²) in [5, 5.41) is 0. The van der Waals surface area contributed by atoms with E-state index in [9.17, 15) is 0 Å². The van der Waals surface area contributed by atoms with E-state index in [0.717, 1.165) is 12.5 Å². The van der Waals surface area contributed by atoms with Gasteiger partial charge in [0.1, 0.15) is 0 Å². The van der Waals surface area contributed by atoms with Gasteiger partial charge in [0.2, 0.25) is 0 Å². The molecule has 0 atom stereocenters. The summed E-state index contributed by atoms with van der Waals surface area (Å²) in [6.07, 6.45) is 6.61. The van der Waals surface area contributed by atoms with Gasteiger partial charge in [-0.3, -0.25) is 9.89 Å². The molecule has 2 aliphatic rings. The third kappa shape index (κ3) is 5.46. The van der Waals surface area contributed by atoms with Crippen molar-refractivity contribution in [3.8, 4) is 0 Å². The molecule has 0 amide bonds. The van der Waals surface area contributed by atoms with Crippen molar-refractivity contribution in [1.29, 1.82) is 0 Å². The highest BCUT2D eigenvalue weighted by molar-refractivity contribution is 14.0. The summed E-state index contributed by atoms with van der Waals surface area (Å²) in [7, 11) is 10.6. The van der Waals surface area contributed by atoms with Crippen molar-refractivity contribution < 1.29 is 0 Å². The summed E-state index contributed by atoms with van der Waals surface area (Å²) in [6.45, 7) is 5.86. The second-order valence-electron chi connectivity index (χ2n) is 7.48. The lowest BCUT2D eigenvalue weighted by Gasteiger charge is -2.49. The van der Waals surface area contributed by atoms with Crippen LogP contribution in [0, 0.1) is 0 Å². The van der Waals surface area contributed by atoms with Crippen molar-refractivity contribution in [3.63, 3.8) is 0 Å². The molecule has 6 heteroatoms. The number of nitrogens with zero attached hydrogens (tertiary/aromatic N) is 5. The smallest absolute Gasteiger partial charge is 0.195 e. The topological polar surface area (TPSA) is 25.3 Å². The van der Waals surface area contributed by atoms with E-state index in [1.807, 2.05) is 0 Å². The van der Waals surface area contributed by atoms with Crippen LogP contribution in [0.5, 0.6) is 0 Å². The van der Waals surface area contributed by atoms with Crippen LogP contribution < -0.4 is 0 Å². The van der Waals surface area contributed by atoms with Crippen molar-refractivity contribution in [2.24, 2.45) is 4.99 Å². The van der Waals surface area contributed by atoms with Crippen molar-refractivity contribution in [3.05, 3.63) is 0 Å². The Bertz CT molecular complexity index is 359. The highest BCUT2D eigenvalue weighted by atomic mass is 127. The van der Waals surface area contributed by atoms with E-state index in [1.165, 1.54) is 58.3 Å². The van der Waals surface area contributed by atoms with E-state index in [4.69, 9.17) is 4.99 Å². The Hall–Kier alpha value is -0.0800. The van der Waals surface area contributed by atoms with E-state index in [2.05, 4.69) is 54.8 Å². The van der Waals surface area contributed by atoms with Crippen molar-refractivity contribution >= 4 is 29.9 Å². The lowest BCUT2D eigenvalue weighted by Crippen LogP contribution is -2.58. The molecule has 0 saturated carbocycles. The summed E-state index contributed by atoms with van der Waals surface area (Å²) in [6, 6.07) is 0. The normalized spacial score (nSPS) is 22.1. The predicted octanol–water partition coefficient (Wildman–Crippen LogP) is 2.03. The van der Waals surface area contributed by atoms with Gasteiger partial charge in [0.05, 0.1) is 6.54 Å². The average molecular weight is 437 g/mol. The molecule has 0 aromatic carbocycles. The summed E-state index contributed by atoms with van der Waals surface area (Å²) in [4.78, 5) is 14.5. The van der Waals surface area contributed by atoms with Gasteiger partial charge < -0.3 is 14.7 Å². The summed E-state index contributed by atoms with van der Waals surface area (Å²) in [5.41, 5.74) is 0.282. The number of hydrogen-bond donors (Lipinski definition) is 0. The second-order valence-corrected chi connectivity index (χ2v) is 7.48. The predicted molar refractivity (Wildman–Crippen MR) is 110 cm³/mol. The van der Waals surface area contributed by atoms with Crippen LogP contribution in [-0.4, -0.2) is 99.1 Å². The van der Waals surface area contributed by atoms with Gasteiger partial charge in [-0.25, -0.2) is 0 Å².